The predicted octanol–water partition coefficient (Wildman–Crippen LogP) is 1.65. The van der Waals surface area contributed by atoms with E-state index in [4.69, 9.17) is 5.73 Å². The lowest BCUT2D eigenvalue weighted by atomic mass is 9.89. The molecule has 8 nitrogen and oxygen atoms in total. The van der Waals surface area contributed by atoms with Crippen molar-refractivity contribution in [1.29, 1.82) is 0 Å². The number of hydrogen-bond donors (Lipinski definition) is 2. The SMILES string of the molecule is CCC[C@H]1C(=O)N(C(Cc2cscn2)C(=O)NC)CCN1C(=O)C(C)(N)c1ccc(F)cc1. The lowest BCUT2D eigenvalue weighted by Crippen LogP contribution is -2.66. The molecule has 1 aliphatic heterocycles. The van der Waals surface area contributed by atoms with Crippen molar-refractivity contribution in [2.45, 2.75) is 50.7 Å². The zero-order valence-corrected chi connectivity index (χ0v) is 19.9. The number of aromatic nitrogens is 1. The fraction of sp³-hybridized carbons (Fsp3) is 0.478. The number of likely N-dealkylation sites (N-methyl/N-ethyl adjacent to an activating group) is 1. The quantitative estimate of drug-likeness (QED) is 0.604. The van der Waals surface area contributed by atoms with E-state index in [2.05, 4.69) is 10.3 Å². The number of piperazine rings is 1. The minimum atomic E-state index is -1.43. The molecule has 2 aromatic rings. The molecule has 33 heavy (non-hydrogen) atoms. The molecule has 1 aromatic heterocycles. The lowest BCUT2D eigenvalue weighted by molar-refractivity contribution is -0.158. The third kappa shape index (κ3) is 5.22. The summed E-state index contributed by atoms with van der Waals surface area (Å²) < 4.78 is 13.4. The van der Waals surface area contributed by atoms with Crippen molar-refractivity contribution in [2.75, 3.05) is 20.1 Å². The first-order chi connectivity index (χ1) is 15.7. The van der Waals surface area contributed by atoms with Gasteiger partial charge in [-0.15, -0.1) is 11.3 Å². The molecule has 3 amide bonds. The first-order valence-electron chi connectivity index (χ1n) is 11.0. The minimum absolute atomic E-state index is 0.201. The van der Waals surface area contributed by atoms with Gasteiger partial charge in [0.15, 0.2) is 0 Å². The molecular weight excluding hydrogens is 445 g/mol. The molecule has 0 aliphatic carbocycles. The Morgan fingerprint density at radius 3 is 2.61 bits per heavy atom. The van der Waals surface area contributed by atoms with Crippen LogP contribution in [-0.2, 0) is 26.3 Å². The Labute approximate surface area is 197 Å². The second kappa shape index (κ2) is 10.4. The van der Waals surface area contributed by atoms with E-state index < -0.39 is 29.3 Å². The number of thiazole rings is 1. The van der Waals surface area contributed by atoms with Crippen molar-refractivity contribution in [3.05, 3.63) is 52.2 Å². The molecule has 3 atom stereocenters. The van der Waals surface area contributed by atoms with Crippen LogP contribution in [0.5, 0.6) is 0 Å². The zero-order chi connectivity index (χ0) is 24.2. The van der Waals surface area contributed by atoms with Crippen molar-refractivity contribution in [3.63, 3.8) is 0 Å². The number of nitrogens with two attached hydrogens (primary N) is 1. The summed E-state index contributed by atoms with van der Waals surface area (Å²) in [6.45, 7) is 3.94. The first kappa shape index (κ1) is 24.8. The van der Waals surface area contributed by atoms with Crippen molar-refractivity contribution < 1.29 is 18.8 Å². The van der Waals surface area contributed by atoms with Gasteiger partial charge < -0.3 is 20.9 Å². The number of rotatable bonds is 8. The van der Waals surface area contributed by atoms with Gasteiger partial charge in [0.25, 0.3) is 0 Å². The molecule has 3 N–H and O–H groups in total. The number of carbonyl (C=O) groups is 3. The Bertz CT molecular complexity index is 980. The number of nitrogens with one attached hydrogen (secondary N) is 1. The van der Waals surface area contributed by atoms with Gasteiger partial charge in [0, 0.05) is 31.9 Å². The third-order valence-corrected chi connectivity index (χ3v) is 6.68. The summed E-state index contributed by atoms with van der Waals surface area (Å²) in [6, 6.07) is 4.02. The van der Waals surface area contributed by atoms with Gasteiger partial charge in [-0.25, -0.2) is 9.37 Å². The molecule has 1 saturated heterocycles. The maximum atomic E-state index is 13.6. The van der Waals surface area contributed by atoms with E-state index in [-0.39, 0.29) is 24.9 Å². The summed E-state index contributed by atoms with van der Waals surface area (Å²) in [7, 11) is 1.53. The second-order valence-corrected chi connectivity index (χ2v) is 9.08. The topological polar surface area (TPSA) is 109 Å². The Kier molecular flexibility index (Phi) is 7.80. The van der Waals surface area contributed by atoms with Crippen LogP contribution in [0.15, 0.2) is 35.2 Å². The average Bonchev–Trinajstić information content (AvgIpc) is 3.32. The number of carbonyl (C=O) groups excluding carboxylic acids is 3. The highest BCUT2D eigenvalue weighted by molar-refractivity contribution is 7.07. The van der Waals surface area contributed by atoms with E-state index in [1.165, 1.54) is 47.5 Å². The fourth-order valence-corrected chi connectivity index (χ4v) is 4.75. The maximum Gasteiger partial charge on any atom is 0.247 e. The van der Waals surface area contributed by atoms with E-state index in [1.807, 2.05) is 12.3 Å². The molecule has 1 aromatic carbocycles. The molecule has 1 fully saturated rings. The van der Waals surface area contributed by atoms with Crippen LogP contribution in [0.1, 0.15) is 37.9 Å². The molecule has 0 bridgehead atoms. The van der Waals surface area contributed by atoms with E-state index in [0.29, 0.717) is 24.8 Å². The smallest absolute Gasteiger partial charge is 0.247 e. The standard InChI is InChI=1S/C23H30FN5O3S/c1-4-5-18-21(31)28(19(20(30)26-3)12-17-13-33-14-27-17)10-11-29(18)22(32)23(2,25)15-6-8-16(24)9-7-15/h6-9,13-14,18-19H,4-5,10-12,25H2,1-3H3,(H,26,30)/t18-,19?,23?/m0/s1. The number of hydrogen-bond acceptors (Lipinski definition) is 6. The first-order valence-corrected chi connectivity index (χ1v) is 11.9. The zero-order valence-electron chi connectivity index (χ0n) is 19.1. The highest BCUT2D eigenvalue weighted by Gasteiger charge is 2.45. The summed E-state index contributed by atoms with van der Waals surface area (Å²) >= 11 is 1.43. The Morgan fingerprint density at radius 1 is 1.33 bits per heavy atom. The van der Waals surface area contributed by atoms with Crippen LogP contribution in [0, 0.1) is 5.82 Å². The molecule has 0 saturated carbocycles. The van der Waals surface area contributed by atoms with Crippen molar-refractivity contribution >= 4 is 29.1 Å². The van der Waals surface area contributed by atoms with Gasteiger partial charge in [0.1, 0.15) is 23.4 Å². The van der Waals surface area contributed by atoms with Gasteiger partial charge in [0.05, 0.1) is 11.2 Å². The molecule has 0 radical (unpaired) electrons. The molecule has 3 rings (SSSR count). The van der Waals surface area contributed by atoms with Gasteiger partial charge in [-0.2, -0.15) is 0 Å². The summed E-state index contributed by atoms with van der Waals surface area (Å²) in [4.78, 5) is 47.1. The number of halogens is 1. The number of nitrogens with zero attached hydrogens (tertiary/aromatic N) is 3. The molecule has 10 heteroatoms. The summed E-state index contributed by atoms with van der Waals surface area (Å²) in [6.07, 6.45) is 1.41. The van der Waals surface area contributed by atoms with Gasteiger partial charge in [0.2, 0.25) is 17.7 Å². The Morgan fingerprint density at radius 2 is 2.03 bits per heavy atom. The van der Waals surface area contributed by atoms with E-state index in [9.17, 15) is 18.8 Å². The van der Waals surface area contributed by atoms with E-state index in [0.717, 1.165) is 5.69 Å². The molecule has 178 valence electrons. The van der Waals surface area contributed by atoms with Crippen molar-refractivity contribution in [3.8, 4) is 0 Å². The minimum Gasteiger partial charge on any atom is -0.357 e. The Hall–Kier alpha value is -2.85. The van der Waals surface area contributed by atoms with E-state index in [1.54, 1.807) is 17.3 Å². The monoisotopic (exact) mass is 475 g/mol. The maximum absolute atomic E-state index is 13.6. The largest absolute Gasteiger partial charge is 0.357 e. The van der Waals surface area contributed by atoms with Gasteiger partial charge in [-0.3, -0.25) is 14.4 Å². The highest BCUT2D eigenvalue weighted by Crippen LogP contribution is 2.27. The van der Waals surface area contributed by atoms with Crippen LogP contribution in [-0.4, -0.2) is 64.7 Å². The van der Waals surface area contributed by atoms with Crippen LogP contribution in [0.3, 0.4) is 0 Å². The fourth-order valence-electron chi connectivity index (χ4n) is 4.18. The van der Waals surface area contributed by atoms with Gasteiger partial charge in [-0.05, 0) is 31.0 Å². The van der Waals surface area contributed by atoms with Gasteiger partial charge in [-0.1, -0.05) is 25.5 Å². The number of benzene rings is 1. The molecule has 0 spiro atoms. The van der Waals surface area contributed by atoms with Crippen LogP contribution in [0.2, 0.25) is 0 Å². The number of amides is 3. The van der Waals surface area contributed by atoms with E-state index >= 15 is 0 Å². The molecular formula is C23H30FN5O3S. The normalized spacial score (nSPS) is 19.2. The summed E-state index contributed by atoms with van der Waals surface area (Å²) in [5.74, 6) is -1.39. The highest BCUT2D eigenvalue weighted by atomic mass is 32.1. The van der Waals surface area contributed by atoms with Crippen LogP contribution in [0.25, 0.3) is 0 Å². The van der Waals surface area contributed by atoms with Crippen molar-refractivity contribution in [2.24, 2.45) is 5.73 Å². The average molecular weight is 476 g/mol. The summed E-state index contributed by atoms with van der Waals surface area (Å²) in [5, 5.41) is 4.49. The summed E-state index contributed by atoms with van der Waals surface area (Å²) in [5.41, 5.74) is 7.87. The molecule has 1 aliphatic rings. The van der Waals surface area contributed by atoms with Crippen LogP contribution < -0.4 is 11.1 Å². The Balaban J connectivity index is 1.87. The van der Waals surface area contributed by atoms with Gasteiger partial charge >= 0.3 is 0 Å². The van der Waals surface area contributed by atoms with Crippen LogP contribution >= 0.6 is 11.3 Å². The van der Waals surface area contributed by atoms with Crippen LogP contribution in [0.4, 0.5) is 4.39 Å². The third-order valence-electron chi connectivity index (χ3n) is 6.05. The second-order valence-electron chi connectivity index (χ2n) is 8.36. The molecule has 2 unspecified atom stereocenters. The molecule has 2 heterocycles. The van der Waals surface area contributed by atoms with Crippen molar-refractivity contribution in [1.82, 2.24) is 20.1 Å². The predicted molar refractivity (Wildman–Crippen MR) is 124 cm³/mol. The lowest BCUT2D eigenvalue weighted by Gasteiger charge is -2.45.